The monoisotopic (exact) mass is 412 g/mol. The summed E-state index contributed by atoms with van der Waals surface area (Å²) in [6.07, 6.45) is 3.03. The average Bonchev–Trinajstić information content (AvgIpc) is 3.27. The number of phenolic OH excluding ortho intramolecular Hbond substituents is 1. The molecule has 0 spiro atoms. The van der Waals surface area contributed by atoms with E-state index < -0.39 is 5.91 Å². The molecule has 4 rings (SSSR count). The smallest absolute Gasteiger partial charge is 0.275 e. The van der Waals surface area contributed by atoms with E-state index in [9.17, 15) is 9.90 Å². The van der Waals surface area contributed by atoms with Gasteiger partial charge < -0.3 is 9.84 Å². The summed E-state index contributed by atoms with van der Waals surface area (Å²) < 4.78 is 6.74. The van der Waals surface area contributed by atoms with Gasteiger partial charge in [0.1, 0.15) is 5.69 Å². The van der Waals surface area contributed by atoms with Crippen molar-refractivity contribution < 1.29 is 14.6 Å². The molecule has 0 unspecified atom stereocenters. The second kappa shape index (κ2) is 8.96. The molecule has 0 saturated heterocycles. The fourth-order valence-corrected chi connectivity index (χ4v) is 3.09. The van der Waals surface area contributed by atoms with Gasteiger partial charge in [-0.05, 0) is 24.3 Å². The van der Waals surface area contributed by atoms with Crippen molar-refractivity contribution in [3.63, 3.8) is 0 Å². The third-order valence-corrected chi connectivity index (χ3v) is 4.65. The normalized spacial score (nSPS) is 10.9. The molecule has 154 valence electrons. The molecule has 4 aromatic rings. The minimum absolute atomic E-state index is 0.0510. The number of rotatable bonds is 6. The predicted molar refractivity (Wildman–Crippen MR) is 119 cm³/mol. The lowest BCUT2D eigenvalue weighted by atomic mass is 10.1. The number of aromatic hydroxyl groups is 1. The second-order valence-electron chi connectivity index (χ2n) is 6.63. The van der Waals surface area contributed by atoms with Crippen molar-refractivity contribution in [2.45, 2.75) is 0 Å². The zero-order valence-electron chi connectivity index (χ0n) is 16.8. The number of carbonyl (C=O) groups excluding carboxylic acids is 1. The molecule has 0 radical (unpaired) electrons. The van der Waals surface area contributed by atoms with E-state index >= 15 is 0 Å². The number of methoxy groups -OCH3 is 1. The van der Waals surface area contributed by atoms with Crippen molar-refractivity contribution in [1.82, 2.24) is 15.2 Å². The van der Waals surface area contributed by atoms with Gasteiger partial charge >= 0.3 is 0 Å². The number of amides is 1. The third kappa shape index (κ3) is 4.30. The van der Waals surface area contributed by atoms with Gasteiger partial charge in [-0.25, -0.2) is 10.1 Å². The van der Waals surface area contributed by atoms with E-state index in [0.717, 1.165) is 11.3 Å². The van der Waals surface area contributed by atoms with Crippen LogP contribution in [0.15, 0.2) is 90.2 Å². The van der Waals surface area contributed by atoms with Gasteiger partial charge in [0.05, 0.1) is 24.6 Å². The number of phenols is 1. The molecule has 0 aliphatic rings. The summed E-state index contributed by atoms with van der Waals surface area (Å²) in [5.41, 5.74) is 5.50. The molecule has 0 fully saturated rings. The van der Waals surface area contributed by atoms with Gasteiger partial charge in [-0.15, -0.1) is 0 Å². The number of carbonyl (C=O) groups is 1. The van der Waals surface area contributed by atoms with Crippen LogP contribution >= 0.6 is 0 Å². The number of nitrogens with one attached hydrogen (secondary N) is 1. The lowest BCUT2D eigenvalue weighted by Crippen LogP contribution is -2.18. The zero-order chi connectivity index (χ0) is 21.6. The van der Waals surface area contributed by atoms with Gasteiger partial charge in [0.15, 0.2) is 11.5 Å². The highest BCUT2D eigenvalue weighted by Gasteiger charge is 2.18. The van der Waals surface area contributed by atoms with Crippen LogP contribution in [-0.4, -0.2) is 34.1 Å². The van der Waals surface area contributed by atoms with Gasteiger partial charge in [-0.1, -0.05) is 54.6 Å². The van der Waals surface area contributed by atoms with E-state index in [-0.39, 0.29) is 5.75 Å². The van der Waals surface area contributed by atoms with Crippen LogP contribution in [0.2, 0.25) is 0 Å². The third-order valence-electron chi connectivity index (χ3n) is 4.65. The highest BCUT2D eigenvalue weighted by molar-refractivity contribution is 6.00. The largest absolute Gasteiger partial charge is 0.504 e. The molecule has 0 aliphatic heterocycles. The summed E-state index contributed by atoms with van der Waals surface area (Å²) >= 11 is 0. The van der Waals surface area contributed by atoms with Crippen LogP contribution in [0.25, 0.3) is 16.9 Å². The second-order valence-corrected chi connectivity index (χ2v) is 6.63. The fraction of sp³-hybridized carbons (Fsp3) is 0.0417. The minimum atomic E-state index is -0.417. The van der Waals surface area contributed by atoms with Gasteiger partial charge in [0.25, 0.3) is 5.91 Å². The van der Waals surface area contributed by atoms with Gasteiger partial charge in [-0.3, -0.25) is 4.79 Å². The molecule has 7 heteroatoms. The number of aromatic nitrogens is 2. The summed E-state index contributed by atoms with van der Waals surface area (Å²) in [6.45, 7) is 0. The first kappa shape index (κ1) is 19.9. The number of hydrogen-bond donors (Lipinski definition) is 2. The molecular formula is C24H20N4O3. The number of nitrogens with zero attached hydrogens (tertiary/aromatic N) is 3. The van der Waals surface area contributed by atoms with Crippen molar-refractivity contribution in [1.29, 1.82) is 0 Å². The van der Waals surface area contributed by atoms with Crippen LogP contribution in [0.3, 0.4) is 0 Å². The minimum Gasteiger partial charge on any atom is -0.504 e. The van der Waals surface area contributed by atoms with Crippen LogP contribution in [0.4, 0.5) is 0 Å². The molecule has 3 aromatic carbocycles. The summed E-state index contributed by atoms with van der Waals surface area (Å²) in [4.78, 5) is 12.9. The van der Waals surface area contributed by atoms with E-state index in [2.05, 4.69) is 15.6 Å². The summed E-state index contributed by atoms with van der Waals surface area (Å²) in [7, 11) is 1.47. The Balaban J connectivity index is 1.63. The van der Waals surface area contributed by atoms with Gasteiger partial charge in [-0.2, -0.15) is 10.2 Å². The maximum Gasteiger partial charge on any atom is 0.275 e. The van der Waals surface area contributed by atoms with E-state index in [4.69, 9.17) is 4.74 Å². The average molecular weight is 412 g/mol. The van der Waals surface area contributed by atoms with Crippen LogP contribution in [-0.2, 0) is 0 Å². The van der Waals surface area contributed by atoms with Crippen LogP contribution in [0.5, 0.6) is 11.5 Å². The number of hydrogen-bond acceptors (Lipinski definition) is 5. The fourth-order valence-electron chi connectivity index (χ4n) is 3.09. The molecule has 1 amide bonds. The molecule has 0 aliphatic carbocycles. The highest BCUT2D eigenvalue weighted by atomic mass is 16.5. The Labute approximate surface area is 179 Å². The molecule has 2 N–H and O–H groups in total. The lowest BCUT2D eigenvalue weighted by Gasteiger charge is -2.05. The van der Waals surface area contributed by atoms with Crippen molar-refractivity contribution >= 4 is 12.1 Å². The Morgan fingerprint density at radius 3 is 2.45 bits per heavy atom. The Morgan fingerprint density at radius 1 is 1.03 bits per heavy atom. The number of hydrazone groups is 1. The highest BCUT2D eigenvalue weighted by Crippen LogP contribution is 2.28. The van der Waals surface area contributed by atoms with Gasteiger partial charge in [0.2, 0.25) is 0 Å². The first-order valence-corrected chi connectivity index (χ1v) is 9.57. The number of ether oxygens (including phenoxy) is 1. The molecule has 31 heavy (non-hydrogen) atoms. The summed E-state index contributed by atoms with van der Waals surface area (Å²) in [6, 6.07) is 24.0. The summed E-state index contributed by atoms with van der Waals surface area (Å²) in [5.74, 6) is -0.143. The first-order chi connectivity index (χ1) is 15.2. The molecule has 0 atom stereocenters. The topological polar surface area (TPSA) is 88.7 Å². The van der Waals surface area contributed by atoms with E-state index in [1.165, 1.54) is 13.3 Å². The maximum atomic E-state index is 12.9. The lowest BCUT2D eigenvalue weighted by molar-refractivity contribution is 0.0955. The van der Waals surface area contributed by atoms with E-state index in [1.54, 1.807) is 29.1 Å². The number of para-hydroxylation sites is 2. The first-order valence-electron chi connectivity index (χ1n) is 9.57. The molecule has 7 nitrogen and oxygen atoms in total. The molecule has 1 heterocycles. The molecular weight excluding hydrogens is 392 g/mol. The molecule has 0 saturated carbocycles. The van der Waals surface area contributed by atoms with E-state index in [0.29, 0.717) is 22.6 Å². The maximum absolute atomic E-state index is 12.9. The van der Waals surface area contributed by atoms with Crippen molar-refractivity contribution in [3.8, 4) is 28.4 Å². The SMILES string of the molecule is COc1cccc(/C=N/NC(=O)c2cn(-c3ccccc3)nc2-c2ccccc2)c1O. The Hall–Kier alpha value is -4.39. The zero-order valence-corrected chi connectivity index (χ0v) is 16.8. The molecule has 0 bridgehead atoms. The Bertz CT molecular complexity index is 1220. The van der Waals surface area contributed by atoms with Gasteiger partial charge in [0, 0.05) is 17.3 Å². The Morgan fingerprint density at radius 2 is 1.74 bits per heavy atom. The predicted octanol–water partition coefficient (Wildman–Crippen LogP) is 4.02. The van der Waals surface area contributed by atoms with Crippen LogP contribution < -0.4 is 10.2 Å². The van der Waals surface area contributed by atoms with Crippen molar-refractivity contribution in [3.05, 3.63) is 96.2 Å². The van der Waals surface area contributed by atoms with E-state index in [1.807, 2.05) is 60.7 Å². The molecule has 1 aromatic heterocycles. The Kier molecular flexibility index (Phi) is 5.75. The van der Waals surface area contributed by atoms with Crippen molar-refractivity contribution in [2.75, 3.05) is 7.11 Å². The quantitative estimate of drug-likeness (QED) is 0.370. The summed E-state index contributed by atoms with van der Waals surface area (Å²) in [5, 5.41) is 18.8. The standard InChI is InChI=1S/C24H20N4O3/c1-31-21-14-8-11-18(23(21)29)15-25-26-24(30)20-16-28(19-12-6-3-7-13-19)27-22(20)17-9-4-2-5-10-17/h2-16,29H,1H3,(H,26,30)/b25-15+. The van der Waals surface area contributed by atoms with Crippen molar-refractivity contribution in [2.24, 2.45) is 5.10 Å². The van der Waals surface area contributed by atoms with Crippen LogP contribution in [0, 0.1) is 0 Å². The number of benzene rings is 3. The van der Waals surface area contributed by atoms with Crippen LogP contribution in [0.1, 0.15) is 15.9 Å².